The van der Waals surface area contributed by atoms with Crippen molar-refractivity contribution in [1.82, 2.24) is 15.3 Å². The predicted molar refractivity (Wildman–Crippen MR) is 120 cm³/mol. The number of alkyl halides is 6. The maximum absolute atomic E-state index is 14.3. The average Bonchev–Trinajstić information content (AvgIpc) is 3.48. The lowest BCUT2D eigenvalue weighted by Gasteiger charge is -2.31. The van der Waals surface area contributed by atoms with Crippen molar-refractivity contribution in [3.8, 4) is 17.0 Å². The van der Waals surface area contributed by atoms with E-state index in [1.807, 2.05) is 0 Å². The Morgan fingerprint density at radius 2 is 1.79 bits per heavy atom. The summed E-state index contributed by atoms with van der Waals surface area (Å²) >= 11 is 0. The molecule has 1 aromatic carbocycles. The van der Waals surface area contributed by atoms with Gasteiger partial charge in [0.15, 0.2) is 0 Å². The van der Waals surface area contributed by atoms with Gasteiger partial charge in [-0.05, 0) is 43.3 Å². The number of nitrogens with one attached hydrogen (secondary N) is 2. The number of primary amides is 1. The third-order valence-electron chi connectivity index (χ3n) is 6.38. The molecule has 3 aromatic rings. The van der Waals surface area contributed by atoms with E-state index in [9.17, 15) is 45.4 Å². The maximum Gasteiger partial charge on any atom is 0.431 e. The second-order valence-electron chi connectivity index (χ2n) is 9.07. The van der Waals surface area contributed by atoms with Gasteiger partial charge in [0.05, 0.1) is 17.8 Å². The fraction of sp³-hybridized carbons (Fsp3) is 0.292. The first-order valence-corrected chi connectivity index (χ1v) is 11.0. The van der Waals surface area contributed by atoms with Crippen molar-refractivity contribution < 1.29 is 50.2 Å². The number of carbonyl (C=O) groups excluding carboxylic acids is 2. The van der Waals surface area contributed by atoms with E-state index in [-0.39, 0.29) is 29.2 Å². The highest BCUT2D eigenvalue weighted by atomic mass is 19.4. The largest absolute Gasteiger partial charge is 0.489 e. The lowest BCUT2D eigenvalue weighted by molar-refractivity contribution is -0.265. The summed E-state index contributed by atoms with van der Waals surface area (Å²) in [4.78, 5) is 30.3. The fourth-order valence-electron chi connectivity index (χ4n) is 3.94. The summed E-state index contributed by atoms with van der Waals surface area (Å²) in [7, 11) is 0. The summed E-state index contributed by atoms with van der Waals surface area (Å²) in [6.07, 6.45) is -9.69. The first-order chi connectivity index (χ1) is 18.0. The molecule has 0 saturated heterocycles. The summed E-state index contributed by atoms with van der Waals surface area (Å²) in [5.74, 6) is -3.09. The molecule has 5 N–H and O–H groups in total. The molecule has 1 unspecified atom stereocenters. The standard InChI is InChI=1S/C24H19F7N4O4/c1-21(20(32)37)10-39-18-14(21)7-15(35-17(18)11-2-4-13(25)5-3-11)22(38,24(29,30)31)9-34-19(36)12-6-16(33-8-12)23(26,27)28/h2-8,33,38H,9-10H2,1H3,(H2,32,37)(H,34,36)/t21-,22?/m0/s1. The molecule has 208 valence electrons. The van der Waals surface area contributed by atoms with Crippen molar-refractivity contribution >= 4 is 11.8 Å². The Balaban J connectivity index is 1.80. The van der Waals surface area contributed by atoms with Gasteiger partial charge in [-0.25, -0.2) is 9.37 Å². The van der Waals surface area contributed by atoms with Gasteiger partial charge in [0, 0.05) is 17.3 Å². The van der Waals surface area contributed by atoms with Crippen molar-refractivity contribution in [2.45, 2.75) is 30.3 Å². The van der Waals surface area contributed by atoms with Crippen LogP contribution in [0.2, 0.25) is 0 Å². The van der Waals surface area contributed by atoms with Crippen molar-refractivity contribution in [3.63, 3.8) is 0 Å². The smallest absolute Gasteiger partial charge is 0.431 e. The van der Waals surface area contributed by atoms with Gasteiger partial charge in [0.25, 0.3) is 5.91 Å². The Kier molecular flexibility index (Phi) is 6.62. The molecule has 2 atom stereocenters. The molecule has 0 saturated carbocycles. The second-order valence-corrected chi connectivity index (χ2v) is 9.07. The predicted octanol–water partition coefficient (Wildman–Crippen LogP) is 3.55. The molecule has 2 aromatic heterocycles. The van der Waals surface area contributed by atoms with Crippen LogP contribution in [0.15, 0.2) is 42.6 Å². The van der Waals surface area contributed by atoms with E-state index in [1.165, 1.54) is 19.1 Å². The minimum Gasteiger partial charge on any atom is -0.489 e. The summed E-state index contributed by atoms with van der Waals surface area (Å²) in [5.41, 5.74) is -3.43. The number of benzene rings is 1. The van der Waals surface area contributed by atoms with Crippen LogP contribution >= 0.6 is 0 Å². The number of aromatic amines is 1. The van der Waals surface area contributed by atoms with Crippen molar-refractivity contribution in [2.75, 3.05) is 13.2 Å². The molecule has 0 bridgehead atoms. The fourth-order valence-corrected chi connectivity index (χ4v) is 3.94. The second kappa shape index (κ2) is 9.25. The number of hydrogen-bond acceptors (Lipinski definition) is 5. The number of hydrogen-bond donors (Lipinski definition) is 4. The summed E-state index contributed by atoms with van der Waals surface area (Å²) in [6, 6.07) is 5.52. The van der Waals surface area contributed by atoms with Gasteiger partial charge in [-0.1, -0.05) is 0 Å². The first kappa shape index (κ1) is 27.9. The molecular formula is C24H19F7N4O4. The van der Waals surface area contributed by atoms with Gasteiger partial charge in [0.2, 0.25) is 11.5 Å². The number of aliphatic hydroxyl groups is 1. The Bertz CT molecular complexity index is 1440. The highest BCUT2D eigenvalue weighted by molar-refractivity contribution is 5.94. The quantitative estimate of drug-likeness (QED) is 0.343. The molecule has 1 aliphatic heterocycles. The van der Waals surface area contributed by atoms with E-state index in [1.54, 1.807) is 10.3 Å². The number of rotatable bonds is 6. The zero-order chi connectivity index (χ0) is 29.0. The molecular weight excluding hydrogens is 541 g/mol. The molecule has 15 heteroatoms. The summed E-state index contributed by atoms with van der Waals surface area (Å²) in [5, 5.41) is 12.7. The number of ether oxygens (including phenoxy) is 1. The van der Waals surface area contributed by atoms with Crippen LogP contribution < -0.4 is 15.8 Å². The highest BCUT2D eigenvalue weighted by Gasteiger charge is 2.57. The number of carbonyl (C=O) groups is 2. The Morgan fingerprint density at radius 1 is 1.15 bits per heavy atom. The SMILES string of the molecule is C[C@]1(C(N)=O)COc2c1cc(C(O)(CNC(=O)c1c[nH]c(C(F)(F)F)c1)C(F)(F)F)nc2-c1ccc(F)cc1. The summed E-state index contributed by atoms with van der Waals surface area (Å²) < 4.78 is 100. The molecule has 3 heterocycles. The van der Waals surface area contributed by atoms with E-state index in [4.69, 9.17) is 10.5 Å². The van der Waals surface area contributed by atoms with Crippen molar-refractivity contribution in [2.24, 2.45) is 5.73 Å². The molecule has 0 fully saturated rings. The van der Waals surface area contributed by atoms with Crippen molar-refractivity contribution in [1.29, 1.82) is 0 Å². The molecule has 0 aliphatic carbocycles. The average molecular weight is 560 g/mol. The van der Waals surface area contributed by atoms with Gasteiger partial charge in [-0.3, -0.25) is 9.59 Å². The third-order valence-corrected chi connectivity index (χ3v) is 6.38. The Hall–Kier alpha value is -4.14. The number of pyridine rings is 1. The molecule has 4 rings (SSSR count). The van der Waals surface area contributed by atoms with E-state index in [0.29, 0.717) is 12.3 Å². The van der Waals surface area contributed by atoms with Crippen LogP contribution in [0.4, 0.5) is 30.7 Å². The normalized spacial score (nSPS) is 18.7. The van der Waals surface area contributed by atoms with E-state index < -0.39 is 64.5 Å². The first-order valence-electron chi connectivity index (χ1n) is 11.0. The number of nitrogens with two attached hydrogens (primary N) is 1. The lowest BCUT2D eigenvalue weighted by Crippen LogP contribution is -2.51. The molecule has 39 heavy (non-hydrogen) atoms. The maximum atomic E-state index is 14.3. The van der Waals surface area contributed by atoms with Crippen LogP contribution in [-0.2, 0) is 22.0 Å². The number of nitrogens with zero attached hydrogens (tertiary/aromatic N) is 1. The van der Waals surface area contributed by atoms with Gasteiger partial charge in [-0.2, -0.15) is 26.3 Å². The van der Waals surface area contributed by atoms with Crippen LogP contribution in [0.1, 0.15) is 34.2 Å². The van der Waals surface area contributed by atoms with Crippen LogP contribution in [0.25, 0.3) is 11.3 Å². The number of H-pyrrole nitrogens is 1. The van der Waals surface area contributed by atoms with Gasteiger partial charge < -0.3 is 25.9 Å². The molecule has 2 amide bonds. The highest BCUT2D eigenvalue weighted by Crippen LogP contribution is 2.47. The van der Waals surface area contributed by atoms with Crippen LogP contribution in [0.3, 0.4) is 0 Å². The zero-order valence-electron chi connectivity index (χ0n) is 19.8. The van der Waals surface area contributed by atoms with Crippen LogP contribution in [0.5, 0.6) is 5.75 Å². The van der Waals surface area contributed by atoms with E-state index >= 15 is 0 Å². The Labute approximate surface area is 215 Å². The molecule has 0 spiro atoms. The number of halogens is 7. The zero-order valence-corrected chi connectivity index (χ0v) is 19.8. The van der Waals surface area contributed by atoms with Gasteiger partial charge in [0.1, 0.15) is 35.0 Å². The minimum absolute atomic E-state index is 0.0729. The number of fused-ring (bicyclic) bond motifs is 1. The molecule has 8 nitrogen and oxygen atoms in total. The summed E-state index contributed by atoms with van der Waals surface area (Å²) in [6.45, 7) is -0.629. The Morgan fingerprint density at radius 3 is 2.33 bits per heavy atom. The number of aromatic nitrogens is 2. The third kappa shape index (κ3) is 4.89. The molecule has 1 aliphatic rings. The van der Waals surface area contributed by atoms with E-state index in [0.717, 1.165) is 18.2 Å². The van der Waals surface area contributed by atoms with Gasteiger partial charge >= 0.3 is 12.4 Å². The monoisotopic (exact) mass is 560 g/mol. The van der Waals surface area contributed by atoms with Crippen LogP contribution in [0, 0.1) is 5.82 Å². The van der Waals surface area contributed by atoms with Gasteiger partial charge in [-0.15, -0.1) is 0 Å². The van der Waals surface area contributed by atoms with E-state index in [2.05, 4.69) is 4.98 Å². The molecule has 0 radical (unpaired) electrons. The number of amides is 2. The lowest BCUT2D eigenvalue weighted by atomic mass is 9.81. The van der Waals surface area contributed by atoms with Crippen molar-refractivity contribution in [3.05, 3.63) is 70.9 Å². The van der Waals surface area contributed by atoms with Crippen LogP contribution in [-0.4, -0.2) is 46.2 Å². The minimum atomic E-state index is -5.49. The topological polar surface area (TPSA) is 130 Å².